The van der Waals surface area contributed by atoms with Gasteiger partial charge in [-0.25, -0.2) is 4.98 Å². The van der Waals surface area contributed by atoms with Crippen molar-refractivity contribution in [3.63, 3.8) is 0 Å². The molecule has 0 radical (unpaired) electrons. The highest BCUT2D eigenvalue weighted by molar-refractivity contribution is 6.00. The van der Waals surface area contributed by atoms with E-state index in [2.05, 4.69) is 26.0 Å². The summed E-state index contributed by atoms with van der Waals surface area (Å²) in [5.41, 5.74) is 0.609. The lowest BCUT2D eigenvalue weighted by molar-refractivity contribution is -0.0828. The second kappa shape index (κ2) is 9.31. The molecule has 3 N–H and O–H groups in total. The van der Waals surface area contributed by atoms with E-state index in [4.69, 9.17) is 9.47 Å². The van der Waals surface area contributed by atoms with E-state index in [9.17, 15) is 9.59 Å². The molecule has 0 spiro atoms. The van der Waals surface area contributed by atoms with Gasteiger partial charge in [0.15, 0.2) is 5.65 Å². The molecule has 3 atom stereocenters. The molecular formula is C24H31N7O4. The van der Waals surface area contributed by atoms with Crippen LogP contribution in [0.1, 0.15) is 49.0 Å². The third kappa shape index (κ3) is 4.25. The summed E-state index contributed by atoms with van der Waals surface area (Å²) in [6.45, 7) is 3.24. The maximum absolute atomic E-state index is 13.2. The maximum Gasteiger partial charge on any atom is 0.274 e. The molecule has 3 aromatic rings. The Kier molecular flexibility index (Phi) is 6.20. The fourth-order valence-electron chi connectivity index (χ4n) is 4.74. The van der Waals surface area contributed by atoms with Crippen LogP contribution in [0.4, 0.5) is 17.3 Å². The fourth-order valence-corrected chi connectivity index (χ4v) is 4.74. The Hall–Kier alpha value is -3.44. The molecule has 0 bridgehead atoms. The molecule has 0 aromatic carbocycles. The molecule has 2 aliphatic rings. The van der Waals surface area contributed by atoms with Crippen molar-refractivity contribution in [2.24, 2.45) is 0 Å². The monoisotopic (exact) mass is 481 g/mol. The summed E-state index contributed by atoms with van der Waals surface area (Å²) in [6, 6.07) is 5.23. The molecule has 1 amide bonds. The predicted molar refractivity (Wildman–Crippen MR) is 132 cm³/mol. The Morgan fingerprint density at radius 1 is 1.34 bits per heavy atom. The van der Waals surface area contributed by atoms with Crippen molar-refractivity contribution in [1.29, 1.82) is 0 Å². The van der Waals surface area contributed by atoms with Crippen LogP contribution >= 0.6 is 0 Å². The van der Waals surface area contributed by atoms with Gasteiger partial charge >= 0.3 is 0 Å². The highest BCUT2D eigenvalue weighted by Gasteiger charge is 2.44. The van der Waals surface area contributed by atoms with Gasteiger partial charge < -0.3 is 30.0 Å². The van der Waals surface area contributed by atoms with Crippen molar-refractivity contribution in [3.05, 3.63) is 46.5 Å². The lowest BCUT2D eigenvalue weighted by Gasteiger charge is -2.45. The first-order valence-electron chi connectivity index (χ1n) is 11.9. The number of hydrogen-bond acceptors (Lipinski definition) is 8. The van der Waals surface area contributed by atoms with Crippen molar-refractivity contribution in [1.82, 2.24) is 24.5 Å². The minimum Gasteiger partial charge on any atom is -0.379 e. The number of pyridine rings is 1. The summed E-state index contributed by atoms with van der Waals surface area (Å²) in [5, 5.41) is 13.6. The van der Waals surface area contributed by atoms with Gasteiger partial charge in [-0.2, -0.15) is 9.61 Å². The van der Waals surface area contributed by atoms with Crippen LogP contribution in [-0.2, 0) is 9.47 Å². The third-order valence-electron chi connectivity index (χ3n) is 7.18. The van der Waals surface area contributed by atoms with E-state index in [1.807, 2.05) is 13.0 Å². The minimum atomic E-state index is -0.370. The minimum absolute atomic E-state index is 0.00993. The van der Waals surface area contributed by atoms with Gasteiger partial charge in [-0.1, -0.05) is 0 Å². The summed E-state index contributed by atoms with van der Waals surface area (Å²) >= 11 is 0. The predicted octanol–water partition coefficient (Wildman–Crippen LogP) is 2.33. The molecule has 11 heteroatoms. The molecule has 2 fully saturated rings. The number of aromatic nitrogens is 4. The van der Waals surface area contributed by atoms with Crippen LogP contribution in [-0.4, -0.2) is 64.1 Å². The number of nitrogens with zero attached hydrogens (tertiary/aromatic N) is 4. The average Bonchev–Trinajstić information content (AvgIpc) is 3.31. The first-order valence-corrected chi connectivity index (χ1v) is 11.9. The second-order valence-corrected chi connectivity index (χ2v) is 9.28. The molecule has 3 aromatic heterocycles. The van der Waals surface area contributed by atoms with Crippen molar-refractivity contribution < 1.29 is 14.3 Å². The number of fused-ring (bicyclic) bond motifs is 1. The SMILES string of the molecule is CNc1cc(Nc2cccn([C@@H]3CCCOC3)c2=O)nc2c(C(=O)NC3CC[C@@]3(C)OC)cnn12. The van der Waals surface area contributed by atoms with Gasteiger partial charge in [-0.3, -0.25) is 9.59 Å². The molecule has 1 saturated carbocycles. The van der Waals surface area contributed by atoms with Crippen LogP contribution in [0.5, 0.6) is 0 Å². The van der Waals surface area contributed by atoms with E-state index >= 15 is 0 Å². The lowest BCUT2D eigenvalue weighted by Crippen LogP contribution is -2.59. The van der Waals surface area contributed by atoms with Gasteiger partial charge in [0.1, 0.15) is 22.9 Å². The van der Waals surface area contributed by atoms with Crippen LogP contribution in [0.15, 0.2) is 35.4 Å². The molecular weight excluding hydrogens is 450 g/mol. The lowest BCUT2D eigenvalue weighted by atomic mass is 9.76. The molecule has 11 nitrogen and oxygen atoms in total. The zero-order valence-electron chi connectivity index (χ0n) is 20.2. The molecule has 4 heterocycles. The second-order valence-electron chi connectivity index (χ2n) is 9.28. The Bertz CT molecular complexity index is 1290. The number of nitrogens with one attached hydrogen (secondary N) is 3. The number of carbonyl (C=O) groups is 1. The summed E-state index contributed by atoms with van der Waals surface area (Å²) in [6.07, 6.45) is 6.86. The zero-order chi connectivity index (χ0) is 24.6. The molecule has 1 aliphatic carbocycles. The van der Waals surface area contributed by atoms with E-state index in [1.165, 1.54) is 6.20 Å². The van der Waals surface area contributed by atoms with Gasteiger partial charge in [0, 0.05) is 33.0 Å². The first-order chi connectivity index (χ1) is 16.9. The summed E-state index contributed by atoms with van der Waals surface area (Å²) in [4.78, 5) is 30.9. The number of ether oxygens (including phenoxy) is 2. The van der Waals surface area contributed by atoms with Gasteiger partial charge in [-0.05, 0) is 44.7 Å². The molecule has 186 valence electrons. The summed E-state index contributed by atoms with van der Waals surface area (Å²) in [5.74, 6) is 0.787. The third-order valence-corrected chi connectivity index (χ3v) is 7.18. The Morgan fingerprint density at radius 2 is 2.20 bits per heavy atom. The number of anilines is 3. The van der Waals surface area contributed by atoms with Crippen LogP contribution in [0, 0.1) is 0 Å². The van der Waals surface area contributed by atoms with E-state index in [0.29, 0.717) is 35.1 Å². The van der Waals surface area contributed by atoms with Gasteiger partial charge in [0.2, 0.25) is 0 Å². The van der Waals surface area contributed by atoms with Crippen molar-refractivity contribution in [2.75, 3.05) is 38.0 Å². The number of methoxy groups -OCH3 is 1. The number of hydrogen-bond donors (Lipinski definition) is 3. The standard InChI is InChI=1S/C24H31N7O4/c1-24(34-3)9-8-18(24)28-22(32)16-13-26-31-20(25-2)12-19(29-21(16)31)27-17-7-4-10-30(23(17)33)15-6-5-11-35-14-15/h4,7,10,12-13,15,18,25H,5-6,8-9,11,14H2,1-3H3,(H,27,29)(H,28,32)/t15-,18?,24-/m1/s1. The Balaban J connectivity index is 1.45. The fraction of sp³-hybridized carbons (Fsp3) is 0.500. The molecule has 1 unspecified atom stereocenters. The number of rotatable bonds is 7. The summed E-state index contributed by atoms with van der Waals surface area (Å²) in [7, 11) is 3.42. The van der Waals surface area contributed by atoms with Gasteiger partial charge in [0.05, 0.1) is 30.5 Å². The number of amides is 1. The van der Waals surface area contributed by atoms with E-state index in [0.717, 1.165) is 32.3 Å². The van der Waals surface area contributed by atoms with Crippen LogP contribution < -0.4 is 21.5 Å². The molecule has 5 rings (SSSR count). The maximum atomic E-state index is 13.2. The van der Waals surface area contributed by atoms with Gasteiger partial charge in [-0.15, -0.1) is 0 Å². The van der Waals surface area contributed by atoms with Crippen LogP contribution in [0.2, 0.25) is 0 Å². The quantitative estimate of drug-likeness (QED) is 0.470. The molecule has 35 heavy (non-hydrogen) atoms. The van der Waals surface area contributed by atoms with Crippen LogP contribution in [0.25, 0.3) is 5.65 Å². The zero-order valence-corrected chi connectivity index (χ0v) is 20.2. The summed E-state index contributed by atoms with van der Waals surface area (Å²) < 4.78 is 14.4. The van der Waals surface area contributed by atoms with Crippen molar-refractivity contribution >= 4 is 28.9 Å². The van der Waals surface area contributed by atoms with Crippen LogP contribution in [0.3, 0.4) is 0 Å². The smallest absolute Gasteiger partial charge is 0.274 e. The van der Waals surface area contributed by atoms with E-state index in [1.54, 1.807) is 41.6 Å². The normalized spacial score (nSPS) is 24.1. The molecule has 1 saturated heterocycles. The number of carbonyl (C=O) groups excluding carboxylic acids is 1. The average molecular weight is 482 g/mol. The first kappa shape index (κ1) is 23.3. The molecule has 1 aliphatic heterocycles. The topological polar surface area (TPSA) is 124 Å². The Morgan fingerprint density at radius 3 is 2.89 bits per heavy atom. The van der Waals surface area contributed by atoms with Gasteiger partial charge in [0.25, 0.3) is 11.5 Å². The highest BCUT2D eigenvalue weighted by atomic mass is 16.5. The Labute approximate surface area is 202 Å². The van der Waals surface area contributed by atoms with E-state index in [-0.39, 0.29) is 29.2 Å². The van der Waals surface area contributed by atoms with E-state index < -0.39 is 0 Å². The highest BCUT2D eigenvalue weighted by Crippen LogP contribution is 2.35. The van der Waals surface area contributed by atoms with Crippen molar-refractivity contribution in [2.45, 2.75) is 50.3 Å². The largest absolute Gasteiger partial charge is 0.379 e. The van der Waals surface area contributed by atoms with Crippen molar-refractivity contribution in [3.8, 4) is 0 Å².